The normalized spacial score (nSPS) is 18.4. The van der Waals surface area contributed by atoms with E-state index in [2.05, 4.69) is 5.32 Å². The van der Waals surface area contributed by atoms with Crippen LogP contribution >= 0.6 is 11.6 Å². The number of hydrogen-bond acceptors (Lipinski definition) is 3. The van der Waals surface area contributed by atoms with Gasteiger partial charge in [0.15, 0.2) is 0 Å². The molecule has 0 spiro atoms. The van der Waals surface area contributed by atoms with Crippen molar-refractivity contribution >= 4 is 29.1 Å². The molecule has 0 aliphatic carbocycles. The van der Waals surface area contributed by atoms with Gasteiger partial charge in [-0.05, 0) is 25.0 Å². The molecule has 0 unspecified atom stereocenters. The first kappa shape index (κ1) is 13.7. The molecule has 0 radical (unpaired) electrons. The summed E-state index contributed by atoms with van der Waals surface area (Å²) in [7, 11) is 0. The molecular weight excluding hydrogens is 268 g/mol. The summed E-state index contributed by atoms with van der Waals surface area (Å²) in [5.41, 5.74) is 0.296. The molecule has 102 valence electrons. The monoisotopic (exact) mass is 282 g/mol. The molecule has 1 aliphatic rings. The third-order valence-corrected chi connectivity index (χ3v) is 3.41. The molecule has 5 nitrogen and oxygen atoms in total. The zero-order chi connectivity index (χ0) is 14.0. The fourth-order valence-electron chi connectivity index (χ4n) is 2.24. The molecule has 6 heteroatoms. The van der Waals surface area contributed by atoms with Crippen LogP contribution in [0, 0.1) is 0 Å². The second-order valence-corrected chi connectivity index (χ2v) is 4.96. The summed E-state index contributed by atoms with van der Waals surface area (Å²) in [5, 5.41) is 12.7. The molecule has 1 aromatic carbocycles. The van der Waals surface area contributed by atoms with Crippen molar-refractivity contribution < 1.29 is 14.7 Å². The highest BCUT2D eigenvalue weighted by atomic mass is 35.5. The number of anilines is 1. The zero-order valence-electron chi connectivity index (χ0n) is 10.5. The molecule has 0 bridgehead atoms. The molecule has 1 aromatic rings. The van der Waals surface area contributed by atoms with Crippen LogP contribution in [0.1, 0.15) is 19.8 Å². The quantitative estimate of drug-likeness (QED) is 0.815. The van der Waals surface area contributed by atoms with Crippen molar-refractivity contribution in [3.8, 4) is 5.75 Å². The van der Waals surface area contributed by atoms with Gasteiger partial charge in [-0.3, -0.25) is 9.59 Å². The number of carbonyl (C=O) groups is 2. The van der Waals surface area contributed by atoms with Crippen molar-refractivity contribution in [2.75, 3.05) is 11.9 Å². The molecule has 1 aliphatic heterocycles. The minimum Gasteiger partial charge on any atom is -0.506 e. The van der Waals surface area contributed by atoms with Gasteiger partial charge in [-0.1, -0.05) is 11.6 Å². The number of rotatable bonds is 2. The van der Waals surface area contributed by atoms with Gasteiger partial charge >= 0.3 is 0 Å². The maximum Gasteiger partial charge on any atom is 0.247 e. The van der Waals surface area contributed by atoms with Gasteiger partial charge in [0.1, 0.15) is 11.8 Å². The largest absolute Gasteiger partial charge is 0.506 e. The number of halogens is 1. The number of carbonyl (C=O) groups excluding carboxylic acids is 2. The van der Waals surface area contributed by atoms with Crippen LogP contribution < -0.4 is 5.32 Å². The lowest BCUT2D eigenvalue weighted by Crippen LogP contribution is -2.42. The van der Waals surface area contributed by atoms with E-state index >= 15 is 0 Å². The Bertz CT molecular complexity index is 519. The Morgan fingerprint density at radius 2 is 2.21 bits per heavy atom. The topological polar surface area (TPSA) is 69.6 Å². The van der Waals surface area contributed by atoms with Crippen LogP contribution in [-0.4, -0.2) is 34.4 Å². The number of phenols is 1. The fourth-order valence-corrected chi connectivity index (χ4v) is 2.41. The van der Waals surface area contributed by atoms with E-state index in [1.807, 2.05) is 0 Å². The average molecular weight is 283 g/mol. The molecule has 2 N–H and O–H groups in total. The summed E-state index contributed by atoms with van der Waals surface area (Å²) >= 11 is 5.72. The molecule has 1 atom stereocenters. The molecule has 1 heterocycles. The Kier molecular flexibility index (Phi) is 3.95. The van der Waals surface area contributed by atoms with E-state index < -0.39 is 6.04 Å². The second-order valence-electron chi connectivity index (χ2n) is 4.52. The highest BCUT2D eigenvalue weighted by molar-refractivity contribution is 6.30. The van der Waals surface area contributed by atoms with Gasteiger partial charge in [-0.15, -0.1) is 0 Å². The van der Waals surface area contributed by atoms with E-state index in [4.69, 9.17) is 11.6 Å². The highest BCUT2D eigenvalue weighted by Gasteiger charge is 2.32. The van der Waals surface area contributed by atoms with E-state index in [1.165, 1.54) is 19.1 Å². The Balaban J connectivity index is 2.10. The number of hydrogen-bond donors (Lipinski definition) is 2. The molecule has 1 saturated heterocycles. The van der Waals surface area contributed by atoms with E-state index in [1.54, 1.807) is 11.0 Å². The van der Waals surface area contributed by atoms with Crippen molar-refractivity contribution in [3.63, 3.8) is 0 Å². The van der Waals surface area contributed by atoms with E-state index in [-0.39, 0.29) is 17.6 Å². The van der Waals surface area contributed by atoms with Crippen molar-refractivity contribution in [1.29, 1.82) is 0 Å². The minimum absolute atomic E-state index is 0.0896. The number of nitrogens with zero attached hydrogens (tertiary/aromatic N) is 1. The first-order chi connectivity index (χ1) is 8.99. The van der Waals surface area contributed by atoms with Crippen molar-refractivity contribution in [1.82, 2.24) is 4.90 Å². The third-order valence-electron chi connectivity index (χ3n) is 3.18. The van der Waals surface area contributed by atoms with Gasteiger partial charge in [0.25, 0.3) is 0 Å². The predicted molar refractivity (Wildman–Crippen MR) is 72.2 cm³/mol. The first-order valence-electron chi connectivity index (χ1n) is 6.05. The molecule has 2 rings (SSSR count). The molecule has 0 saturated carbocycles. The van der Waals surface area contributed by atoms with Crippen LogP contribution in [0.3, 0.4) is 0 Å². The SMILES string of the molecule is CC(=O)N1CCC[C@H]1C(=O)Nc1ccc(Cl)cc1O. The number of aromatic hydroxyl groups is 1. The standard InChI is InChI=1S/C13H15ClN2O3/c1-8(17)16-6-2-3-11(16)13(19)15-10-5-4-9(14)7-12(10)18/h4-5,7,11,18H,2-3,6H2,1H3,(H,15,19)/t11-/m0/s1. The summed E-state index contributed by atoms with van der Waals surface area (Å²) in [4.78, 5) is 25.1. The Morgan fingerprint density at radius 3 is 2.84 bits per heavy atom. The van der Waals surface area contributed by atoms with E-state index in [0.717, 1.165) is 6.42 Å². The van der Waals surface area contributed by atoms with Crippen LogP contribution in [0.5, 0.6) is 5.75 Å². The van der Waals surface area contributed by atoms with Gasteiger partial charge in [0.05, 0.1) is 5.69 Å². The maximum absolute atomic E-state index is 12.1. The van der Waals surface area contributed by atoms with Crippen LogP contribution in [0.25, 0.3) is 0 Å². The van der Waals surface area contributed by atoms with Gasteiger partial charge in [-0.25, -0.2) is 0 Å². The first-order valence-corrected chi connectivity index (χ1v) is 6.43. The van der Waals surface area contributed by atoms with E-state index in [0.29, 0.717) is 23.7 Å². The Morgan fingerprint density at radius 1 is 1.47 bits per heavy atom. The van der Waals surface area contributed by atoms with Gasteiger partial charge in [0, 0.05) is 24.6 Å². The number of likely N-dealkylation sites (tertiary alicyclic amines) is 1. The summed E-state index contributed by atoms with van der Waals surface area (Å²) in [6.07, 6.45) is 1.45. The van der Waals surface area contributed by atoms with Crippen molar-refractivity contribution in [2.45, 2.75) is 25.8 Å². The van der Waals surface area contributed by atoms with E-state index in [9.17, 15) is 14.7 Å². The number of amides is 2. The fraction of sp³-hybridized carbons (Fsp3) is 0.385. The summed E-state index contributed by atoms with van der Waals surface area (Å²) in [6.45, 7) is 2.05. The summed E-state index contributed by atoms with van der Waals surface area (Å²) in [5.74, 6) is -0.489. The van der Waals surface area contributed by atoms with Gasteiger partial charge in [-0.2, -0.15) is 0 Å². The third kappa shape index (κ3) is 2.98. The van der Waals surface area contributed by atoms with Crippen LogP contribution in [-0.2, 0) is 9.59 Å². The number of nitrogens with one attached hydrogen (secondary N) is 1. The molecule has 1 fully saturated rings. The second kappa shape index (κ2) is 5.48. The zero-order valence-corrected chi connectivity index (χ0v) is 11.3. The maximum atomic E-state index is 12.1. The number of phenolic OH excluding ortho intramolecular Hbond substituents is 1. The predicted octanol–water partition coefficient (Wildman–Crippen LogP) is 1.99. The van der Waals surface area contributed by atoms with Crippen molar-refractivity contribution in [2.24, 2.45) is 0 Å². The molecular formula is C13H15ClN2O3. The smallest absolute Gasteiger partial charge is 0.247 e. The minimum atomic E-state index is -0.465. The molecule has 2 amide bonds. The highest BCUT2D eigenvalue weighted by Crippen LogP contribution is 2.27. The Hall–Kier alpha value is -1.75. The lowest BCUT2D eigenvalue weighted by molar-refractivity contribution is -0.134. The molecule has 0 aromatic heterocycles. The number of benzene rings is 1. The van der Waals surface area contributed by atoms with Crippen LogP contribution in [0.4, 0.5) is 5.69 Å². The molecule has 19 heavy (non-hydrogen) atoms. The van der Waals surface area contributed by atoms with Gasteiger partial charge < -0.3 is 15.3 Å². The van der Waals surface area contributed by atoms with Crippen LogP contribution in [0.15, 0.2) is 18.2 Å². The summed E-state index contributed by atoms with van der Waals surface area (Å²) < 4.78 is 0. The lowest BCUT2D eigenvalue weighted by Gasteiger charge is -2.22. The van der Waals surface area contributed by atoms with Gasteiger partial charge in [0.2, 0.25) is 11.8 Å². The lowest BCUT2D eigenvalue weighted by atomic mass is 10.2. The Labute approximate surface area is 116 Å². The summed E-state index contributed by atoms with van der Waals surface area (Å²) in [6, 6.07) is 4.00. The average Bonchev–Trinajstić information content (AvgIpc) is 2.82. The van der Waals surface area contributed by atoms with Crippen LogP contribution in [0.2, 0.25) is 5.02 Å². The van der Waals surface area contributed by atoms with Crippen molar-refractivity contribution in [3.05, 3.63) is 23.2 Å².